The summed E-state index contributed by atoms with van der Waals surface area (Å²) in [4.78, 5) is 0. The Morgan fingerprint density at radius 3 is 2.30 bits per heavy atom. The van der Waals surface area contributed by atoms with E-state index in [0.717, 1.165) is 44.9 Å². The van der Waals surface area contributed by atoms with Gasteiger partial charge in [-0.3, -0.25) is 10.6 Å². The molecule has 0 heterocycles. The minimum atomic E-state index is -0.434. The average molecular weight is 330 g/mol. The zero-order valence-corrected chi connectivity index (χ0v) is 15.0. The molecule has 1 aliphatic carbocycles. The van der Waals surface area contributed by atoms with E-state index in [4.69, 9.17) is 5.73 Å². The molecule has 23 heavy (non-hydrogen) atoms. The van der Waals surface area contributed by atoms with Crippen LogP contribution in [0.15, 0.2) is 0 Å². The lowest BCUT2D eigenvalue weighted by Gasteiger charge is -2.26. The Kier molecular flexibility index (Phi) is 11.9. The summed E-state index contributed by atoms with van der Waals surface area (Å²) in [6.07, 6.45) is 11.9. The average Bonchev–Trinajstić information content (AvgIpc) is 2.55. The highest BCUT2D eigenvalue weighted by molar-refractivity contribution is 4.74. The minimum absolute atomic E-state index is 0.324. The lowest BCUT2D eigenvalue weighted by atomic mass is 9.95. The Hall–Kier alpha value is -0.200. The van der Waals surface area contributed by atoms with Crippen LogP contribution in [-0.2, 0) is 0 Å². The monoisotopic (exact) mass is 329 g/mol. The Bertz CT molecular complexity index is 273. The maximum atomic E-state index is 10.1. The normalized spacial score (nSPS) is 20.3. The van der Waals surface area contributed by atoms with Crippen LogP contribution in [0.1, 0.15) is 84.0 Å². The fourth-order valence-corrected chi connectivity index (χ4v) is 3.43. The van der Waals surface area contributed by atoms with Gasteiger partial charge in [-0.2, -0.15) is 0 Å². The van der Waals surface area contributed by atoms with Crippen LogP contribution < -0.4 is 16.4 Å². The molecule has 5 heteroatoms. The minimum Gasteiger partial charge on any atom is -0.379 e. The third-order valence-corrected chi connectivity index (χ3v) is 4.92. The number of hydrogen-bond acceptors (Lipinski definition) is 5. The molecule has 0 aromatic heterocycles. The van der Waals surface area contributed by atoms with Crippen LogP contribution in [0.3, 0.4) is 0 Å². The molecule has 6 N–H and O–H groups in total. The van der Waals surface area contributed by atoms with Gasteiger partial charge in [-0.25, -0.2) is 0 Å². The molecular weight excluding hydrogens is 290 g/mol. The summed E-state index contributed by atoms with van der Waals surface area (Å²) < 4.78 is 0. The molecule has 1 rings (SSSR count). The van der Waals surface area contributed by atoms with Crippen molar-refractivity contribution in [3.05, 3.63) is 0 Å². The molecule has 0 radical (unpaired) electrons. The summed E-state index contributed by atoms with van der Waals surface area (Å²) in [5, 5.41) is 26.8. The molecule has 3 unspecified atom stereocenters. The van der Waals surface area contributed by atoms with Crippen LogP contribution in [0.4, 0.5) is 0 Å². The molecule has 5 nitrogen and oxygen atoms in total. The van der Waals surface area contributed by atoms with Crippen molar-refractivity contribution in [2.24, 2.45) is 5.73 Å². The van der Waals surface area contributed by atoms with Crippen LogP contribution in [0.5, 0.6) is 0 Å². The molecule has 1 fully saturated rings. The van der Waals surface area contributed by atoms with E-state index in [0.29, 0.717) is 18.6 Å². The maximum Gasteiger partial charge on any atom is 0.105 e. The Morgan fingerprint density at radius 2 is 1.65 bits per heavy atom. The second kappa shape index (κ2) is 13.1. The number of aliphatic hydroxyl groups is 2. The van der Waals surface area contributed by atoms with E-state index in [-0.39, 0.29) is 6.23 Å². The first kappa shape index (κ1) is 20.8. The van der Waals surface area contributed by atoms with Gasteiger partial charge in [-0.15, -0.1) is 0 Å². The molecule has 0 spiro atoms. The number of hydrogen-bond donors (Lipinski definition) is 5. The number of nitrogens with one attached hydrogen (secondary N) is 2. The van der Waals surface area contributed by atoms with Gasteiger partial charge in [-0.1, -0.05) is 26.2 Å². The number of rotatable bonds is 13. The lowest BCUT2D eigenvalue weighted by Crippen LogP contribution is -2.40. The number of unbranched alkanes of at least 4 members (excludes halogenated alkanes) is 1. The maximum absolute atomic E-state index is 10.1. The second-order valence-electron chi connectivity index (χ2n) is 7.02. The van der Waals surface area contributed by atoms with Gasteiger partial charge in [0.1, 0.15) is 12.5 Å². The fraction of sp³-hybridized carbons (Fsp3) is 1.00. The van der Waals surface area contributed by atoms with Crippen LogP contribution in [-0.4, -0.2) is 41.3 Å². The predicted octanol–water partition coefficient (Wildman–Crippen LogP) is 2.21. The zero-order valence-electron chi connectivity index (χ0n) is 15.0. The quantitative estimate of drug-likeness (QED) is 0.264. The molecule has 0 bridgehead atoms. The van der Waals surface area contributed by atoms with Gasteiger partial charge in [0.05, 0.1) is 0 Å². The Labute approximate surface area is 142 Å². The van der Waals surface area contributed by atoms with Crippen molar-refractivity contribution < 1.29 is 10.2 Å². The fourth-order valence-electron chi connectivity index (χ4n) is 3.43. The zero-order chi connectivity index (χ0) is 16.9. The van der Waals surface area contributed by atoms with Crippen molar-refractivity contribution in [1.29, 1.82) is 0 Å². The van der Waals surface area contributed by atoms with Gasteiger partial charge in [0.2, 0.25) is 0 Å². The molecule has 1 aliphatic rings. The van der Waals surface area contributed by atoms with Crippen molar-refractivity contribution in [2.75, 3.05) is 6.54 Å². The highest BCUT2D eigenvalue weighted by Crippen LogP contribution is 2.18. The molecule has 0 saturated heterocycles. The molecule has 138 valence electrons. The summed E-state index contributed by atoms with van der Waals surface area (Å²) in [5.41, 5.74) is 5.47. The van der Waals surface area contributed by atoms with Crippen LogP contribution in [0, 0.1) is 0 Å². The summed E-state index contributed by atoms with van der Waals surface area (Å²) in [6, 6.07) is 0.827. The van der Waals surface area contributed by atoms with Crippen LogP contribution >= 0.6 is 0 Å². The van der Waals surface area contributed by atoms with Crippen molar-refractivity contribution in [3.8, 4) is 0 Å². The predicted molar refractivity (Wildman–Crippen MR) is 96.0 cm³/mol. The van der Waals surface area contributed by atoms with Gasteiger partial charge >= 0.3 is 0 Å². The highest BCUT2D eigenvalue weighted by atomic mass is 16.3. The van der Waals surface area contributed by atoms with E-state index in [1.54, 1.807) is 0 Å². The van der Waals surface area contributed by atoms with Gasteiger partial charge in [0.25, 0.3) is 0 Å². The van der Waals surface area contributed by atoms with E-state index >= 15 is 0 Å². The largest absolute Gasteiger partial charge is 0.379 e. The summed E-state index contributed by atoms with van der Waals surface area (Å²) in [7, 11) is 0. The van der Waals surface area contributed by atoms with Crippen molar-refractivity contribution in [3.63, 3.8) is 0 Å². The first-order chi connectivity index (χ1) is 11.2. The summed E-state index contributed by atoms with van der Waals surface area (Å²) in [6.45, 7) is 2.83. The van der Waals surface area contributed by atoms with E-state index in [1.807, 2.05) is 0 Å². The first-order valence-corrected chi connectivity index (χ1v) is 9.74. The van der Waals surface area contributed by atoms with Crippen molar-refractivity contribution >= 4 is 0 Å². The Balaban J connectivity index is 2.10. The highest BCUT2D eigenvalue weighted by Gasteiger charge is 2.17. The van der Waals surface area contributed by atoms with Crippen LogP contribution in [0.25, 0.3) is 0 Å². The van der Waals surface area contributed by atoms with Crippen LogP contribution in [0.2, 0.25) is 0 Å². The Morgan fingerprint density at radius 1 is 0.957 bits per heavy atom. The topological polar surface area (TPSA) is 90.5 Å². The molecule has 0 aliphatic heterocycles. The number of aliphatic hydroxyl groups excluding tert-OH is 2. The van der Waals surface area contributed by atoms with E-state index in [1.165, 1.54) is 32.1 Å². The van der Waals surface area contributed by atoms with Gasteiger partial charge < -0.3 is 15.9 Å². The lowest BCUT2D eigenvalue weighted by molar-refractivity contribution is 0.0932. The smallest absolute Gasteiger partial charge is 0.105 e. The number of nitrogens with two attached hydrogens (primary N) is 1. The molecule has 1 saturated carbocycles. The summed E-state index contributed by atoms with van der Waals surface area (Å²) in [5.74, 6) is 0. The van der Waals surface area contributed by atoms with Gasteiger partial charge in [0, 0.05) is 12.1 Å². The third kappa shape index (κ3) is 10.3. The molecule has 3 atom stereocenters. The molecular formula is C18H39N3O2. The summed E-state index contributed by atoms with van der Waals surface area (Å²) >= 11 is 0. The van der Waals surface area contributed by atoms with E-state index < -0.39 is 6.23 Å². The van der Waals surface area contributed by atoms with Gasteiger partial charge in [-0.05, 0) is 64.3 Å². The first-order valence-electron chi connectivity index (χ1n) is 9.74. The third-order valence-electron chi connectivity index (χ3n) is 4.92. The van der Waals surface area contributed by atoms with E-state index in [9.17, 15) is 10.2 Å². The molecule has 0 amide bonds. The molecule has 0 aromatic carbocycles. The SMILES string of the molecule is CCC(CCCC(O)NC1CCCCC1)NC(O)CCCCN. The van der Waals surface area contributed by atoms with Gasteiger partial charge in [0.15, 0.2) is 0 Å². The molecule has 0 aromatic rings. The van der Waals surface area contributed by atoms with Crippen molar-refractivity contribution in [1.82, 2.24) is 10.6 Å². The van der Waals surface area contributed by atoms with E-state index in [2.05, 4.69) is 17.6 Å². The second-order valence-corrected chi connectivity index (χ2v) is 7.02. The van der Waals surface area contributed by atoms with Crippen molar-refractivity contribution in [2.45, 2.75) is 109 Å². The standard InChI is InChI=1S/C18H39N3O2/c1-2-15(20-17(22)12-6-7-14-19)11-8-13-18(23)21-16-9-4-3-5-10-16/h15-18,20-23H,2-14,19H2,1H3.